The van der Waals surface area contributed by atoms with Gasteiger partial charge in [-0.1, -0.05) is 58.1 Å². The summed E-state index contributed by atoms with van der Waals surface area (Å²) in [7, 11) is -3.05. The molecule has 2 heterocycles. The third-order valence-electron chi connectivity index (χ3n) is 3.59. The number of nitrogens with zero attached hydrogens (tertiary/aromatic N) is 1. The number of hydrogen-bond donors (Lipinski definition) is 0. The molecule has 0 saturated carbocycles. The van der Waals surface area contributed by atoms with Crippen molar-refractivity contribution in [2.45, 2.75) is 12.5 Å². The van der Waals surface area contributed by atoms with Crippen LogP contribution < -0.4 is 0 Å². The fraction of sp³-hybridized carbons (Fsp3) is 0.286. The standard InChI is InChI=1S/C14H12BrNO3S3/c15-11-4-2-1-3-9(11)7-12-13(17)16(14(20)21-12)10-5-6-22(18,19)8-10/h1-4,7,10H,5-6,8H2/b12-7-/t10-/m1/s1. The van der Waals surface area contributed by atoms with E-state index in [-0.39, 0.29) is 23.5 Å². The van der Waals surface area contributed by atoms with Gasteiger partial charge >= 0.3 is 0 Å². The molecule has 8 heteroatoms. The molecule has 0 aromatic heterocycles. The van der Waals surface area contributed by atoms with Crippen molar-refractivity contribution < 1.29 is 13.2 Å². The van der Waals surface area contributed by atoms with Crippen LogP contribution in [0.4, 0.5) is 0 Å². The van der Waals surface area contributed by atoms with E-state index in [0.717, 1.165) is 10.0 Å². The monoisotopic (exact) mass is 417 g/mol. The van der Waals surface area contributed by atoms with Crippen LogP contribution in [-0.2, 0) is 14.6 Å². The van der Waals surface area contributed by atoms with Gasteiger partial charge in [0.05, 0.1) is 22.5 Å². The largest absolute Gasteiger partial charge is 0.289 e. The second-order valence-corrected chi connectivity index (χ2v) is 9.89. The number of carbonyl (C=O) groups is 1. The molecular formula is C14H12BrNO3S3. The van der Waals surface area contributed by atoms with Crippen LogP contribution in [0.15, 0.2) is 33.6 Å². The smallest absolute Gasteiger partial charge is 0.266 e. The lowest BCUT2D eigenvalue weighted by atomic mass is 10.2. The highest BCUT2D eigenvalue weighted by atomic mass is 79.9. The highest BCUT2D eigenvalue weighted by Gasteiger charge is 2.42. The van der Waals surface area contributed by atoms with Gasteiger partial charge in [-0.15, -0.1) is 0 Å². The topological polar surface area (TPSA) is 54.5 Å². The highest BCUT2D eigenvalue weighted by molar-refractivity contribution is 9.10. The summed E-state index contributed by atoms with van der Waals surface area (Å²) in [5.41, 5.74) is 0.891. The molecule has 2 fully saturated rings. The molecule has 2 aliphatic heterocycles. The Morgan fingerprint density at radius 3 is 2.73 bits per heavy atom. The van der Waals surface area contributed by atoms with Crippen molar-refractivity contribution >= 4 is 66.1 Å². The minimum atomic E-state index is -3.05. The van der Waals surface area contributed by atoms with E-state index >= 15 is 0 Å². The van der Waals surface area contributed by atoms with Crippen molar-refractivity contribution in [2.75, 3.05) is 11.5 Å². The number of carbonyl (C=O) groups excluding carboxylic acids is 1. The average Bonchev–Trinajstić information content (AvgIpc) is 2.92. The fourth-order valence-corrected chi connectivity index (χ4v) is 6.00. The maximum absolute atomic E-state index is 12.6. The second-order valence-electron chi connectivity index (χ2n) is 5.13. The summed E-state index contributed by atoms with van der Waals surface area (Å²) < 4.78 is 24.6. The minimum absolute atomic E-state index is 0.00174. The summed E-state index contributed by atoms with van der Waals surface area (Å²) in [5, 5.41) is 0. The first kappa shape index (κ1) is 16.2. The number of hydrogen-bond acceptors (Lipinski definition) is 5. The molecule has 2 aliphatic rings. The molecule has 1 amide bonds. The summed E-state index contributed by atoms with van der Waals surface area (Å²) in [4.78, 5) is 14.6. The number of amides is 1. The van der Waals surface area contributed by atoms with Gasteiger partial charge < -0.3 is 0 Å². The fourth-order valence-electron chi connectivity index (χ4n) is 2.51. The second kappa shape index (κ2) is 6.07. The number of thioether (sulfide) groups is 1. The first-order valence-corrected chi connectivity index (χ1v) is 10.4. The average molecular weight is 418 g/mol. The highest BCUT2D eigenvalue weighted by Crippen LogP contribution is 2.36. The van der Waals surface area contributed by atoms with Crippen LogP contribution in [0.5, 0.6) is 0 Å². The summed E-state index contributed by atoms with van der Waals surface area (Å²) in [5.74, 6) is -0.0763. The molecule has 1 aromatic rings. The van der Waals surface area contributed by atoms with Gasteiger partial charge in [-0.2, -0.15) is 0 Å². The van der Waals surface area contributed by atoms with Crippen molar-refractivity contribution in [3.8, 4) is 0 Å². The maximum atomic E-state index is 12.6. The molecule has 3 rings (SSSR count). The van der Waals surface area contributed by atoms with Crippen LogP contribution in [0.1, 0.15) is 12.0 Å². The van der Waals surface area contributed by atoms with Gasteiger partial charge in [-0.05, 0) is 24.1 Å². The lowest BCUT2D eigenvalue weighted by Crippen LogP contribution is -2.39. The molecule has 0 aliphatic carbocycles. The van der Waals surface area contributed by atoms with E-state index in [9.17, 15) is 13.2 Å². The van der Waals surface area contributed by atoms with E-state index in [4.69, 9.17) is 12.2 Å². The van der Waals surface area contributed by atoms with E-state index in [0.29, 0.717) is 15.6 Å². The third kappa shape index (κ3) is 3.15. The summed E-state index contributed by atoms with van der Waals surface area (Å²) in [6.45, 7) is 0. The van der Waals surface area contributed by atoms with Gasteiger partial charge in [-0.25, -0.2) is 8.42 Å². The molecule has 1 aromatic carbocycles. The van der Waals surface area contributed by atoms with E-state index in [1.165, 1.54) is 16.7 Å². The van der Waals surface area contributed by atoms with E-state index in [1.807, 2.05) is 24.3 Å². The van der Waals surface area contributed by atoms with Crippen LogP contribution >= 0.6 is 39.9 Å². The quantitative estimate of drug-likeness (QED) is 0.546. The zero-order chi connectivity index (χ0) is 15.9. The molecule has 4 nitrogen and oxygen atoms in total. The summed E-state index contributed by atoms with van der Waals surface area (Å²) in [6, 6.07) is 7.26. The van der Waals surface area contributed by atoms with Crippen LogP contribution in [0.2, 0.25) is 0 Å². The number of rotatable bonds is 2. The van der Waals surface area contributed by atoms with Crippen LogP contribution in [0, 0.1) is 0 Å². The van der Waals surface area contributed by atoms with E-state index in [1.54, 1.807) is 6.08 Å². The molecule has 2 saturated heterocycles. The Morgan fingerprint density at radius 1 is 1.36 bits per heavy atom. The first-order chi connectivity index (χ1) is 10.4. The number of sulfone groups is 1. The Bertz CT molecular complexity index is 788. The van der Waals surface area contributed by atoms with Crippen molar-refractivity contribution in [2.24, 2.45) is 0 Å². The molecule has 22 heavy (non-hydrogen) atoms. The number of thiocarbonyl (C=S) groups is 1. The minimum Gasteiger partial charge on any atom is -0.289 e. The van der Waals surface area contributed by atoms with Crippen LogP contribution in [0.3, 0.4) is 0 Å². The predicted octanol–water partition coefficient (Wildman–Crippen LogP) is 2.84. The normalized spacial score (nSPS) is 26.1. The molecule has 0 N–H and O–H groups in total. The van der Waals surface area contributed by atoms with Crippen molar-refractivity contribution in [3.63, 3.8) is 0 Å². The summed E-state index contributed by atoms with van der Waals surface area (Å²) in [6.07, 6.45) is 2.24. The van der Waals surface area contributed by atoms with E-state index in [2.05, 4.69) is 15.9 Å². The molecule has 0 spiro atoms. The zero-order valence-electron chi connectivity index (χ0n) is 11.4. The SMILES string of the molecule is O=C1/C(=C/c2ccccc2Br)SC(=S)N1[C@@H]1CCS(=O)(=O)C1. The Morgan fingerprint density at radius 2 is 2.09 bits per heavy atom. The van der Waals surface area contributed by atoms with Gasteiger partial charge in [0, 0.05) is 4.47 Å². The van der Waals surface area contributed by atoms with Gasteiger partial charge in [0.2, 0.25) is 0 Å². The lowest BCUT2D eigenvalue weighted by Gasteiger charge is -2.20. The molecular weight excluding hydrogens is 406 g/mol. The van der Waals surface area contributed by atoms with E-state index < -0.39 is 9.84 Å². The van der Waals surface area contributed by atoms with Gasteiger partial charge in [0.1, 0.15) is 4.32 Å². The van der Waals surface area contributed by atoms with Crippen molar-refractivity contribution in [1.82, 2.24) is 4.90 Å². The van der Waals surface area contributed by atoms with Crippen LogP contribution in [0.25, 0.3) is 6.08 Å². The van der Waals surface area contributed by atoms with Gasteiger partial charge in [0.15, 0.2) is 9.84 Å². The number of halogens is 1. The van der Waals surface area contributed by atoms with Gasteiger partial charge in [0.25, 0.3) is 5.91 Å². The van der Waals surface area contributed by atoms with Crippen molar-refractivity contribution in [1.29, 1.82) is 0 Å². The molecule has 0 unspecified atom stereocenters. The first-order valence-electron chi connectivity index (χ1n) is 6.59. The van der Waals surface area contributed by atoms with Crippen molar-refractivity contribution in [3.05, 3.63) is 39.2 Å². The maximum Gasteiger partial charge on any atom is 0.266 e. The Hall–Kier alpha value is -0.700. The number of benzene rings is 1. The zero-order valence-corrected chi connectivity index (χ0v) is 15.4. The molecule has 0 radical (unpaired) electrons. The van der Waals surface area contributed by atoms with Gasteiger partial charge in [-0.3, -0.25) is 9.69 Å². The molecule has 116 valence electrons. The third-order valence-corrected chi connectivity index (χ3v) is 7.39. The Balaban J connectivity index is 1.88. The predicted molar refractivity (Wildman–Crippen MR) is 96.2 cm³/mol. The molecule has 0 bridgehead atoms. The lowest BCUT2D eigenvalue weighted by molar-refractivity contribution is -0.123. The Kier molecular flexibility index (Phi) is 4.46. The molecule has 1 atom stereocenters. The van der Waals surface area contributed by atoms with Crippen LogP contribution in [-0.4, -0.2) is 41.1 Å². The summed E-state index contributed by atoms with van der Waals surface area (Å²) >= 11 is 9.95. The Labute approximate surface area is 147 Å².